The fourth-order valence-electron chi connectivity index (χ4n) is 2.63. The summed E-state index contributed by atoms with van der Waals surface area (Å²) >= 11 is 0. The molecule has 1 aliphatic heterocycles. The Balaban J connectivity index is 1.56. The molecule has 2 aromatic rings. The minimum atomic E-state index is -0.511. The molecule has 0 aliphatic carbocycles. The van der Waals surface area contributed by atoms with Crippen molar-refractivity contribution in [3.05, 3.63) is 41.7 Å². The molecule has 1 amide bonds. The standard InChI is InChI=1S/C17H23N5O2/c1-12(2)15-18-17(21-20-15)19-16(23)14-11-22(8-9-24-14)10-13-6-4-3-5-7-13/h3-7,12,14H,8-11H2,1-2H3,(H2,18,19,20,21,23)/t14-/m0/s1. The van der Waals surface area contributed by atoms with E-state index in [2.05, 4.69) is 37.5 Å². The molecule has 0 spiro atoms. The lowest BCUT2D eigenvalue weighted by Crippen LogP contribution is -2.47. The van der Waals surface area contributed by atoms with E-state index < -0.39 is 6.10 Å². The molecular formula is C17H23N5O2. The smallest absolute Gasteiger partial charge is 0.257 e. The Bertz CT molecular complexity index is 671. The Labute approximate surface area is 141 Å². The van der Waals surface area contributed by atoms with Crippen molar-refractivity contribution in [2.75, 3.05) is 25.0 Å². The number of morpholine rings is 1. The number of hydrogen-bond acceptors (Lipinski definition) is 5. The van der Waals surface area contributed by atoms with Crippen molar-refractivity contribution in [1.29, 1.82) is 0 Å². The van der Waals surface area contributed by atoms with Crippen LogP contribution in [0.2, 0.25) is 0 Å². The quantitative estimate of drug-likeness (QED) is 0.873. The SMILES string of the molecule is CC(C)c1nc(NC(=O)[C@@H]2CN(Cc3ccccc3)CCO2)n[nH]1. The number of aromatic nitrogens is 3. The van der Waals surface area contributed by atoms with Gasteiger partial charge in [-0.2, -0.15) is 4.98 Å². The third-order valence-electron chi connectivity index (χ3n) is 3.98. The normalized spacial score (nSPS) is 18.7. The molecule has 0 unspecified atom stereocenters. The van der Waals surface area contributed by atoms with Crippen LogP contribution in [0.15, 0.2) is 30.3 Å². The minimum absolute atomic E-state index is 0.206. The van der Waals surface area contributed by atoms with Crippen molar-refractivity contribution in [1.82, 2.24) is 20.1 Å². The maximum absolute atomic E-state index is 12.4. The van der Waals surface area contributed by atoms with Crippen LogP contribution in [0, 0.1) is 0 Å². The molecule has 128 valence electrons. The molecule has 0 saturated carbocycles. The predicted molar refractivity (Wildman–Crippen MR) is 90.6 cm³/mol. The van der Waals surface area contributed by atoms with Crippen molar-refractivity contribution >= 4 is 11.9 Å². The van der Waals surface area contributed by atoms with Gasteiger partial charge < -0.3 is 4.74 Å². The van der Waals surface area contributed by atoms with Crippen LogP contribution in [0.25, 0.3) is 0 Å². The molecule has 1 fully saturated rings. The molecule has 1 aromatic carbocycles. The van der Waals surface area contributed by atoms with E-state index in [9.17, 15) is 4.79 Å². The van der Waals surface area contributed by atoms with E-state index in [1.807, 2.05) is 32.0 Å². The topological polar surface area (TPSA) is 83.1 Å². The van der Waals surface area contributed by atoms with Crippen LogP contribution in [0.4, 0.5) is 5.95 Å². The summed E-state index contributed by atoms with van der Waals surface area (Å²) in [6, 6.07) is 10.2. The summed E-state index contributed by atoms with van der Waals surface area (Å²) in [5.41, 5.74) is 1.23. The molecular weight excluding hydrogens is 306 g/mol. The summed E-state index contributed by atoms with van der Waals surface area (Å²) in [5, 5.41) is 9.58. The van der Waals surface area contributed by atoms with Crippen LogP contribution < -0.4 is 5.32 Å². The highest BCUT2D eigenvalue weighted by molar-refractivity contribution is 5.92. The highest BCUT2D eigenvalue weighted by atomic mass is 16.5. The zero-order valence-electron chi connectivity index (χ0n) is 14.0. The van der Waals surface area contributed by atoms with Crippen LogP contribution in [0.5, 0.6) is 0 Å². The van der Waals surface area contributed by atoms with E-state index in [1.165, 1.54) is 5.56 Å². The summed E-state index contributed by atoms with van der Waals surface area (Å²) in [6.45, 7) is 6.75. The number of hydrogen-bond donors (Lipinski definition) is 2. The first kappa shape index (κ1) is 16.6. The molecule has 3 rings (SSSR count). The van der Waals surface area contributed by atoms with Crippen LogP contribution in [-0.4, -0.2) is 51.8 Å². The minimum Gasteiger partial charge on any atom is -0.366 e. The molecule has 1 aromatic heterocycles. The highest BCUT2D eigenvalue weighted by Gasteiger charge is 2.27. The second kappa shape index (κ2) is 7.55. The average molecular weight is 329 g/mol. The Hall–Kier alpha value is -2.25. The third-order valence-corrected chi connectivity index (χ3v) is 3.98. The van der Waals surface area contributed by atoms with Crippen molar-refractivity contribution in [2.45, 2.75) is 32.4 Å². The fourth-order valence-corrected chi connectivity index (χ4v) is 2.63. The lowest BCUT2D eigenvalue weighted by molar-refractivity contribution is -0.133. The maximum atomic E-state index is 12.4. The van der Waals surface area contributed by atoms with E-state index in [-0.39, 0.29) is 11.8 Å². The number of benzene rings is 1. The molecule has 1 saturated heterocycles. The van der Waals surface area contributed by atoms with Gasteiger partial charge in [0.25, 0.3) is 5.91 Å². The Morgan fingerprint density at radius 1 is 1.42 bits per heavy atom. The van der Waals surface area contributed by atoms with Gasteiger partial charge >= 0.3 is 0 Å². The second-order valence-corrected chi connectivity index (χ2v) is 6.27. The number of ether oxygens (including phenoxy) is 1. The molecule has 24 heavy (non-hydrogen) atoms. The summed E-state index contributed by atoms with van der Waals surface area (Å²) in [4.78, 5) is 18.9. The van der Waals surface area contributed by atoms with Gasteiger partial charge in [0.05, 0.1) is 6.61 Å². The molecule has 0 radical (unpaired) electrons. The number of carbonyl (C=O) groups excluding carboxylic acids is 1. The van der Waals surface area contributed by atoms with Gasteiger partial charge in [0.15, 0.2) is 0 Å². The zero-order chi connectivity index (χ0) is 16.9. The monoisotopic (exact) mass is 329 g/mol. The van der Waals surface area contributed by atoms with E-state index in [1.54, 1.807) is 0 Å². The molecule has 1 atom stereocenters. The number of nitrogens with one attached hydrogen (secondary N) is 2. The molecule has 7 heteroatoms. The molecule has 1 aliphatic rings. The van der Waals surface area contributed by atoms with Gasteiger partial charge in [-0.1, -0.05) is 44.2 Å². The van der Waals surface area contributed by atoms with Gasteiger partial charge in [0, 0.05) is 25.6 Å². The first-order valence-electron chi connectivity index (χ1n) is 8.23. The van der Waals surface area contributed by atoms with Gasteiger partial charge in [-0.05, 0) is 5.56 Å². The summed E-state index contributed by atoms with van der Waals surface area (Å²) in [7, 11) is 0. The van der Waals surface area contributed by atoms with E-state index in [0.29, 0.717) is 19.1 Å². The van der Waals surface area contributed by atoms with E-state index in [0.717, 1.165) is 18.9 Å². The Morgan fingerprint density at radius 3 is 2.92 bits per heavy atom. The van der Waals surface area contributed by atoms with Gasteiger partial charge in [-0.3, -0.25) is 20.1 Å². The Kier molecular flexibility index (Phi) is 5.22. The number of rotatable bonds is 5. The first-order chi connectivity index (χ1) is 11.6. The molecule has 2 N–H and O–H groups in total. The van der Waals surface area contributed by atoms with Crippen LogP contribution in [-0.2, 0) is 16.1 Å². The number of H-pyrrole nitrogens is 1. The van der Waals surface area contributed by atoms with Crippen LogP contribution in [0.3, 0.4) is 0 Å². The number of carbonyl (C=O) groups is 1. The van der Waals surface area contributed by atoms with E-state index >= 15 is 0 Å². The van der Waals surface area contributed by atoms with Crippen molar-refractivity contribution in [3.63, 3.8) is 0 Å². The van der Waals surface area contributed by atoms with Gasteiger partial charge in [-0.25, -0.2) is 0 Å². The third kappa shape index (κ3) is 4.18. The average Bonchev–Trinajstić information content (AvgIpc) is 3.05. The second-order valence-electron chi connectivity index (χ2n) is 6.27. The molecule has 0 bridgehead atoms. The number of aromatic amines is 1. The summed E-state index contributed by atoms with van der Waals surface area (Å²) in [5.74, 6) is 1.07. The molecule has 7 nitrogen and oxygen atoms in total. The molecule has 2 heterocycles. The fraction of sp³-hybridized carbons (Fsp3) is 0.471. The maximum Gasteiger partial charge on any atom is 0.257 e. The first-order valence-corrected chi connectivity index (χ1v) is 8.23. The zero-order valence-corrected chi connectivity index (χ0v) is 14.0. The summed E-state index contributed by atoms with van der Waals surface area (Å²) < 4.78 is 5.61. The predicted octanol–water partition coefficient (Wildman–Crippen LogP) is 1.77. The van der Waals surface area contributed by atoms with Gasteiger partial charge in [0.1, 0.15) is 11.9 Å². The largest absolute Gasteiger partial charge is 0.366 e. The highest BCUT2D eigenvalue weighted by Crippen LogP contribution is 2.13. The Morgan fingerprint density at radius 2 is 2.21 bits per heavy atom. The number of anilines is 1. The number of amides is 1. The summed E-state index contributed by atoms with van der Waals surface area (Å²) in [6.07, 6.45) is -0.511. The lowest BCUT2D eigenvalue weighted by atomic mass is 10.2. The van der Waals surface area contributed by atoms with Crippen molar-refractivity contribution < 1.29 is 9.53 Å². The van der Waals surface area contributed by atoms with Crippen LogP contribution >= 0.6 is 0 Å². The van der Waals surface area contributed by atoms with Gasteiger partial charge in [-0.15, -0.1) is 5.10 Å². The van der Waals surface area contributed by atoms with E-state index in [4.69, 9.17) is 4.74 Å². The van der Waals surface area contributed by atoms with Crippen LogP contribution in [0.1, 0.15) is 31.2 Å². The van der Waals surface area contributed by atoms with Gasteiger partial charge in [0.2, 0.25) is 5.95 Å². The number of nitrogens with zero attached hydrogens (tertiary/aromatic N) is 3. The lowest BCUT2D eigenvalue weighted by Gasteiger charge is -2.31. The van der Waals surface area contributed by atoms with Crippen molar-refractivity contribution in [2.24, 2.45) is 0 Å². The van der Waals surface area contributed by atoms with Crippen molar-refractivity contribution in [3.8, 4) is 0 Å².